The predicted octanol–water partition coefficient (Wildman–Crippen LogP) is 12.2. The first-order chi connectivity index (χ1) is 20.2. The average Bonchev–Trinajstić information content (AvgIpc) is 2.98. The van der Waals surface area contributed by atoms with E-state index < -0.39 is 0 Å². The Morgan fingerprint density at radius 2 is 0.829 bits per heavy atom. The molecule has 0 atom stereocenters. The molecular formula is C38H60O3. The summed E-state index contributed by atoms with van der Waals surface area (Å²) in [6.07, 6.45) is 30.7. The zero-order chi connectivity index (χ0) is 29.2. The van der Waals surface area contributed by atoms with Crippen molar-refractivity contribution in [2.45, 2.75) is 142 Å². The van der Waals surface area contributed by atoms with E-state index in [0.29, 0.717) is 0 Å². The average molecular weight is 565 g/mol. The molecule has 0 aliphatic heterocycles. The lowest BCUT2D eigenvalue weighted by atomic mass is 10.1. The predicted molar refractivity (Wildman–Crippen MR) is 178 cm³/mol. The number of aromatic hydroxyl groups is 1. The van der Waals surface area contributed by atoms with E-state index in [1.54, 1.807) is 12.1 Å². The van der Waals surface area contributed by atoms with Crippen molar-refractivity contribution in [3.8, 4) is 17.2 Å². The van der Waals surface area contributed by atoms with Crippen molar-refractivity contribution < 1.29 is 14.6 Å². The van der Waals surface area contributed by atoms with Crippen LogP contribution in [0.4, 0.5) is 0 Å². The topological polar surface area (TPSA) is 38.7 Å². The van der Waals surface area contributed by atoms with Crippen LogP contribution in [-0.2, 0) is 0 Å². The van der Waals surface area contributed by atoms with E-state index in [2.05, 4.69) is 38.1 Å². The minimum atomic E-state index is 0.284. The SMILES string of the molecule is CCCCCCCCCCCCOc1cc(/C=C/c2ccc(O)cc2)cc(OCCCCCCCCCCCC)c1. The lowest BCUT2D eigenvalue weighted by Gasteiger charge is -2.12. The van der Waals surface area contributed by atoms with E-state index in [0.717, 1.165) is 48.7 Å². The van der Waals surface area contributed by atoms with Gasteiger partial charge in [0.05, 0.1) is 13.2 Å². The van der Waals surface area contributed by atoms with Crippen LogP contribution < -0.4 is 9.47 Å². The molecule has 0 fully saturated rings. The van der Waals surface area contributed by atoms with Gasteiger partial charge in [-0.05, 0) is 48.2 Å². The number of ether oxygens (including phenoxy) is 2. The van der Waals surface area contributed by atoms with Gasteiger partial charge < -0.3 is 14.6 Å². The minimum absolute atomic E-state index is 0.284. The zero-order valence-corrected chi connectivity index (χ0v) is 26.5. The fourth-order valence-corrected chi connectivity index (χ4v) is 5.19. The molecule has 3 nitrogen and oxygen atoms in total. The Labute approximate surface area is 252 Å². The maximum Gasteiger partial charge on any atom is 0.123 e. The van der Waals surface area contributed by atoms with Gasteiger partial charge in [0, 0.05) is 6.07 Å². The number of phenolic OH excluding ortho intramolecular Hbond substituents is 1. The summed E-state index contributed by atoms with van der Waals surface area (Å²) in [6.45, 7) is 6.05. The second-order valence-electron chi connectivity index (χ2n) is 11.7. The van der Waals surface area contributed by atoms with Crippen molar-refractivity contribution in [2.75, 3.05) is 13.2 Å². The Hall–Kier alpha value is -2.42. The summed E-state index contributed by atoms with van der Waals surface area (Å²) >= 11 is 0. The number of hydrogen-bond donors (Lipinski definition) is 1. The van der Waals surface area contributed by atoms with Gasteiger partial charge in [0.2, 0.25) is 0 Å². The summed E-state index contributed by atoms with van der Waals surface area (Å²) in [6, 6.07) is 13.5. The Morgan fingerprint density at radius 3 is 1.24 bits per heavy atom. The number of benzene rings is 2. The summed E-state index contributed by atoms with van der Waals surface area (Å²) < 4.78 is 12.4. The van der Waals surface area contributed by atoms with Crippen molar-refractivity contribution in [1.29, 1.82) is 0 Å². The fourth-order valence-electron chi connectivity index (χ4n) is 5.19. The van der Waals surface area contributed by atoms with Crippen molar-refractivity contribution >= 4 is 12.2 Å². The van der Waals surface area contributed by atoms with Gasteiger partial charge in [0.1, 0.15) is 17.2 Å². The van der Waals surface area contributed by atoms with Crippen LogP contribution >= 0.6 is 0 Å². The third kappa shape index (κ3) is 18.6. The van der Waals surface area contributed by atoms with Crippen LogP contribution in [0.2, 0.25) is 0 Å². The summed E-state index contributed by atoms with van der Waals surface area (Å²) in [5.41, 5.74) is 2.11. The molecule has 0 aliphatic rings. The highest BCUT2D eigenvalue weighted by Crippen LogP contribution is 2.26. The first kappa shape index (κ1) is 34.8. The van der Waals surface area contributed by atoms with Crippen molar-refractivity contribution in [1.82, 2.24) is 0 Å². The van der Waals surface area contributed by atoms with Crippen LogP contribution in [0.1, 0.15) is 153 Å². The highest BCUT2D eigenvalue weighted by atomic mass is 16.5. The smallest absolute Gasteiger partial charge is 0.123 e. The van der Waals surface area contributed by atoms with Gasteiger partial charge in [0.15, 0.2) is 0 Å². The van der Waals surface area contributed by atoms with Crippen LogP contribution in [-0.4, -0.2) is 18.3 Å². The van der Waals surface area contributed by atoms with Crippen molar-refractivity contribution in [2.24, 2.45) is 0 Å². The number of phenols is 1. The molecule has 0 saturated heterocycles. The van der Waals surface area contributed by atoms with Gasteiger partial charge in [-0.25, -0.2) is 0 Å². The number of hydrogen-bond acceptors (Lipinski definition) is 3. The first-order valence-corrected chi connectivity index (χ1v) is 17.1. The summed E-state index contributed by atoms with van der Waals surface area (Å²) in [5.74, 6) is 2.05. The second-order valence-corrected chi connectivity index (χ2v) is 11.7. The van der Waals surface area contributed by atoms with Gasteiger partial charge in [-0.2, -0.15) is 0 Å². The summed E-state index contributed by atoms with van der Waals surface area (Å²) in [4.78, 5) is 0. The molecular weight excluding hydrogens is 504 g/mol. The Kier molecular flexibility index (Phi) is 20.5. The molecule has 0 unspecified atom stereocenters. The van der Waals surface area contributed by atoms with E-state index in [9.17, 15) is 5.11 Å². The lowest BCUT2D eigenvalue weighted by Crippen LogP contribution is -2.00. The standard InChI is InChI=1S/C38H60O3/c1-3-5-7-9-11-13-15-17-19-21-29-40-37-31-35(24-23-34-25-27-36(39)28-26-34)32-38(33-37)41-30-22-20-18-16-14-12-10-8-6-4-2/h23-28,31-33,39H,3-22,29-30H2,1-2H3/b24-23+. The van der Waals surface area contributed by atoms with Crippen LogP contribution in [0.15, 0.2) is 42.5 Å². The van der Waals surface area contributed by atoms with Crippen LogP contribution in [0.25, 0.3) is 12.2 Å². The third-order valence-electron chi connectivity index (χ3n) is 7.80. The molecule has 0 heterocycles. The largest absolute Gasteiger partial charge is 0.508 e. The van der Waals surface area contributed by atoms with Gasteiger partial charge in [-0.1, -0.05) is 154 Å². The molecule has 2 aromatic rings. The van der Waals surface area contributed by atoms with Gasteiger partial charge in [0.25, 0.3) is 0 Å². The molecule has 2 aromatic carbocycles. The molecule has 230 valence electrons. The lowest BCUT2D eigenvalue weighted by molar-refractivity contribution is 0.289. The number of rotatable bonds is 26. The Balaban J connectivity index is 1.75. The maximum atomic E-state index is 9.56. The van der Waals surface area contributed by atoms with Gasteiger partial charge in [-0.15, -0.1) is 0 Å². The van der Waals surface area contributed by atoms with Crippen LogP contribution in [0.5, 0.6) is 17.2 Å². The fraction of sp³-hybridized carbons (Fsp3) is 0.632. The van der Waals surface area contributed by atoms with E-state index in [4.69, 9.17) is 9.47 Å². The summed E-state index contributed by atoms with van der Waals surface area (Å²) in [5, 5.41) is 9.56. The minimum Gasteiger partial charge on any atom is -0.508 e. The zero-order valence-electron chi connectivity index (χ0n) is 26.5. The molecule has 0 aromatic heterocycles. The van der Waals surface area contributed by atoms with Gasteiger partial charge >= 0.3 is 0 Å². The molecule has 1 N–H and O–H groups in total. The highest BCUT2D eigenvalue weighted by Gasteiger charge is 2.04. The first-order valence-electron chi connectivity index (χ1n) is 17.1. The maximum absolute atomic E-state index is 9.56. The quantitative estimate of drug-likeness (QED) is 0.0912. The van der Waals surface area contributed by atoms with Crippen LogP contribution in [0.3, 0.4) is 0 Å². The molecule has 0 spiro atoms. The second kappa shape index (κ2) is 24.2. The highest BCUT2D eigenvalue weighted by molar-refractivity contribution is 5.71. The normalized spacial score (nSPS) is 11.4. The Morgan fingerprint density at radius 1 is 0.463 bits per heavy atom. The monoisotopic (exact) mass is 564 g/mol. The number of unbranched alkanes of at least 4 members (excludes halogenated alkanes) is 18. The van der Waals surface area contributed by atoms with Crippen LogP contribution in [0, 0.1) is 0 Å². The van der Waals surface area contributed by atoms with E-state index >= 15 is 0 Å². The molecule has 0 radical (unpaired) electrons. The summed E-state index contributed by atoms with van der Waals surface area (Å²) in [7, 11) is 0. The molecule has 3 heteroatoms. The van der Waals surface area contributed by atoms with Crippen molar-refractivity contribution in [3.63, 3.8) is 0 Å². The van der Waals surface area contributed by atoms with E-state index in [1.165, 1.54) is 116 Å². The molecule has 0 saturated carbocycles. The third-order valence-corrected chi connectivity index (χ3v) is 7.80. The molecule has 41 heavy (non-hydrogen) atoms. The van der Waals surface area contributed by atoms with Gasteiger partial charge in [-0.3, -0.25) is 0 Å². The van der Waals surface area contributed by atoms with E-state index in [1.807, 2.05) is 18.2 Å². The molecule has 2 rings (SSSR count). The Bertz CT molecular complexity index is 858. The molecule has 0 aliphatic carbocycles. The molecule has 0 amide bonds. The molecule has 0 bridgehead atoms. The van der Waals surface area contributed by atoms with E-state index in [-0.39, 0.29) is 5.75 Å². The van der Waals surface area contributed by atoms with Crippen molar-refractivity contribution in [3.05, 3.63) is 53.6 Å².